The number of aromatic nitrogens is 1. The fraction of sp³-hybridized carbons (Fsp3) is 0.0476. The Morgan fingerprint density at radius 3 is 2.30 bits per heavy atom. The molecule has 0 saturated heterocycles. The molecule has 0 bridgehead atoms. The van der Waals surface area contributed by atoms with Gasteiger partial charge in [-0.25, -0.2) is 5.43 Å². The second-order valence-electron chi connectivity index (χ2n) is 5.58. The van der Waals surface area contributed by atoms with Crippen molar-refractivity contribution >= 4 is 12.1 Å². The molecule has 1 aromatic heterocycles. The van der Waals surface area contributed by atoms with Crippen LogP contribution in [0.4, 0.5) is 0 Å². The van der Waals surface area contributed by atoms with Crippen LogP contribution in [0.1, 0.15) is 11.1 Å². The number of carbonyl (C=O) groups excluding carboxylic acids is 1. The summed E-state index contributed by atoms with van der Waals surface area (Å²) in [6, 6.07) is 20.4. The van der Waals surface area contributed by atoms with E-state index in [1.807, 2.05) is 24.3 Å². The van der Waals surface area contributed by atoms with Gasteiger partial charge >= 0.3 is 0 Å². The Kier molecular flexibility index (Phi) is 5.89. The van der Waals surface area contributed by atoms with Crippen LogP contribution in [0.5, 0.6) is 5.75 Å². The number of amides is 1. The van der Waals surface area contributed by atoms with Gasteiger partial charge in [0.25, 0.3) is 5.91 Å². The monoisotopic (exact) mass is 356 g/mol. The molecule has 0 spiro atoms. The minimum absolute atomic E-state index is 0.135. The summed E-state index contributed by atoms with van der Waals surface area (Å²) < 4.78 is 5.46. The van der Waals surface area contributed by atoms with Crippen LogP contribution >= 0.6 is 0 Å². The first-order valence-electron chi connectivity index (χ1n) is 8.20. The number of carbonyl (C=O) groups is 1. The molecule has 0 fully saturated rings. The lowest BCUT2D eigenvalue weighted by Crippen LogP contribution is -2.24. The van der Waals surface area contributed by atoms with Gasteiger partial charge in [-0.3, -0.25) is 9.78 Å². The third kappa shape index (κ3) is 5.25. The van der Waals surface area contributed by atoms with Gasteiger partial charge in [-0.15, -0.1) is 0 Å². The summed E-state index contributed by atoms with van der Waals surface area (Å²) in [6.45, 7) is -0.135. The molecule has 0 atom stereocenters. The standard InChI is InChI=1S/C21H16N4O2/c22-13-16-1-3-18(4-2-16)19-5-7-20(8-6-19)27-15-21(26)25-24-14-17-9-11-23-12-10-17/h1-12,14H,15H2,(H,25,26). The largest absolute Gasteiger partial charge is 0.484 e. The Morgan fingerprint density at radius 2 is 1.67 bits per heavy atom. The molecule has 0 aliphatic carbocycles. The van der Waals surface area contributed by atoms with Gasteiger partial charge in [0.2, 0.25) is 0 Å². The van der Waals surface area contributed by atoms with Crippen molar-refractivity contribution in [1.82, 2.24) is 10.4 Å². The molecule has 6 nitrogen and oxygen atoms in total. The number of benzene rings is 2. The first kappa shape index (κ1) is 17.8. The van der Waals surface area contributed by atoms with Gasteiger partial charge in [-0.2, -0.15) is 10.4 Å². The van der Waals surface area contributed by atoms with Crippen molar-refractivity contribution in [2.75, 3.05) is 6.61 Å². The van der Waals surface area contributed by atoms with E-state index in [-0.39, 0.29) is 12.5 Å². The first-order valence-corrected chi connectivity index (χ1v) is 8.20. The summed E-state index contributed by atoms with van der Waals surface area (Å²) in [4.78, 5) is 15.7. The van der Waals surface area contributed by atoms with Crippen LogP contribution in [0.15, 0.2) is 78.2 Å². The maximum Gasteiger partial charge on any atom is 0.277 e. The summed E-state index contributed by atoms with van der Waals surface area (Å²) in [7, 11) is 0. The second kappa shape index (κ2) is 8.92. The highest BCUT2D eigenvalue weighted by atomic mass is 16.5. The summed E-state index contributed by atoms with van der Waals surface area (Å²) in [6.07, 6.45) is 4.83. The molecule has 2 aromatic carbocycles. The number of pyridine rings is 1. The third-order valence-corrected chi connectivity index (χ3v) is 3.68. The lowest BCUT2D eigenvalue weighted by molar-refractivity contribution is -0.123. The van der Waals surface area contributed by atoms with Gasteiger partial charge in [-0.05, 0) is 53.1 Å². The van der Waals surface area contributed by atoms with E-state index in [4.69, 9.17) is 10.00 Å². The molecule has 3 aromatic rings. The lowest BCUT2D eigenvalue weighted by atomic mass is 10.0. The van der Waals surface area contributed by atoms with Crippen LogP contribution in [0, 0.1) is 11.3 Å². The predicted molar refractivity (Wildman–Crippen MR) is 102 cm³/mol. The van der Waals surface area contributed by atoms with E-state index in [0.29, 0.717) is 11.3 Å². The lowest BCUT2D eigenvalue weighted by Gasteiger charge is -2.07. The number of hydrogen-bond acceptors (Lipinski definition) is 5. The maximum atomic E-state index is 11.8. The SMILES string of the molecule is N#Cc1ccc(-c2ccc(OCC(=O)NN=Cc3ccncc3)cc2)cc1. The maximum absolute atomic E-state index is 11.8. The van der Waals surface area contributed by atoms with Gasteiger partial charge in [0.05, 0.1) is 17.8 Å². The highest BCUT2D eigenvalue weighted by molar-refractivity contribution is 5.82. The first-order chi connectivity index (χ1) is 13.2. The molecule has 27 heavy (non-hydrogen) atoms. The zero-order valence-electron chi connectivity index (χ0n) is 14.4. The number of ether oxygens (including phenoxy) is 1. The molecule has 6 heteroatoms. The Bertz CT molecular complexity index is 960. The molecule has 1 amide bonds. The minimum atomic E-state index is -0.350. The van der Waals surface area contributed by atoms with E-state index < -0.39 is 0 Å². The predicted octanol–water partition coefficient (Wildman–Crippen LogP) is 3.15. The molecule has 0 unspecified atom stereocenters. The van der Waals surface area contributed by atoms with E-state index in [2.05, 4.69) is 21.6 Å². The van der Waals surface area contributed by atoms with Gasteiger partial charge < -0.3 is 4.74 Å². The van der Waals surface area contributed by atoms with Gasteiger partial charge in [0.1, 0.15) is 5.75 Å². The van der Waals surface area contributed by atoms with Crippen molar-refractivity contribution in [1.29, 1.82) is 5.26 Å². The van der Waals surface area contributed by atoms with Crippen LogP contribution in [0.25, 0.3) is 11.1 Å². The number of hydrazone groups is 1. The summed E-state index contributed by atoms with van der Waals surface area (Å²) in [5, 5.41) is 12.7. The molecule has 0 aliphatic heterocycles. The van der Waals surface area contributed by atoms with E-state index >= 15 is 0 Å². The van der Waals surface area contributed by atoms with Gasteiger partial charge in [-0.1, -0.05) is 24.3 Å². The third-order valence-electron chi connectivity index (χ3n) is 3.68. The number of hydrogen-bond donors (Lipinski definition) is 1. The average Bonchev–Trinajstić information content (AvgIpc) is 2.73. The van der Waals surface area contributed by atoms with Gasteiger partial charge in [0, 0.05) is 12.4 Å². The summed E-state index contributed by atoms with van der Waals surface area (Å²) in [5.41, 5.74) is 5.87. The van der Waals surface area contributed by atoms with Crippen LogP contribution in [-0.2, 0) is 4.79 Å². The Labute approximate surface area is 156 Å². The fourth-order valence-electron chi connectivity index (χ4n) is 2.29. The number of nitrogens with one attached hydrogen (secondary N) is 1. The number of nitriles is 1. The van der Waals surface area contributed by atoms with Gasteiger partial charge in [0.15, 0.2) is 6.61 Å². The normalized spacial score (nSPS) is 10.3. The molecule has 1 heterocycles. The van der Waals surface area contributed by atoms with Crippen molar-refractivity contribution in [3.63, 3.8) is 0 Å². The molecule has 1 N–H and O–H groups in total. The molecule has 132 valence electrons. The topological polar surface area (TPSA) is 87.4 Å². The highest BCUT2D eigenvalue weighted by Gasteiger charge is 2.03. The molecular weight excluding hydrogens is 340 g/mol. The van der Waals surface area contributed by atoms with Crippen LogP contribution < -0.4 is 10.2 Å². The Morgan fingerprint density at radius 1 is 1.04 bits per heavy atom. The number of rotatable bonds is 6. The van der Waals surface area contributed by atoms with Crippen molar-refractivity contribution in [2.45, 2.75) is 0 Å². The Hall–Kier alpha value is -3.98. The highest BCUT2D eigenvalue weighted by Crippen LogP contribution is 2.22. The summed E-state index contributed by atoms with van der Waals surface area (Å²) in [5.74, 6) is 0.233. The zero-order chi connectivity index (χ0) is 18.9. The molecule has 0 radical (unpaired) electrons. The van der Waals surface area contributed by atoms with Crippen LogP contribution in [0.3, 0.4) is 0 Å². The van der Waals surface area contributed by atoms with Crippen molar-refractivity contribution < 1.29 is 9.53 Å². The van der Waals surface area contributed by atoms with Crippen LogP contribution in [-0.4, -0.2) is 23.7 Å². The number of nitrogens with zero attached hydrogens (tertiary/aromatic N) is 3. The molecule has 3 rings (SSSR count). The quantitative estimate of drug-likeness (QED) is 0.543. The molecule has 0 saturated carbocycles. The summed E-state index contributed by atoms with van der Waals surface area (Å²) >= 11 is 0. The molecular formula is C21H16N4O2. The van der Waals surface area contributed by atoms with E-state index in [1.165, 1.54) is 6.21 Å². The Balaban J connectivity index is 1.50. The van der Waals surface area contributed by atoms with Crippen LogP contribution in [0.2, 0.25) is 0 Å². The molecule has 0 aliphatic rings. The van der Waals surface area contributed by atoms with Crippen molar-refractivity contribution in [3.8, 4) is 22.9 Å². The van der Waals surface area contributed by atoms with Crippen molar-refractivity contribution in [2.24, 2.45) is 5.10 Å². The smallest absolute Gasteiger partial charge is 0.277 e. The van der Waals surface area contributed by atoms with Crippen molar-refractivity contribution in [3.05, 3.63) is 84.2 Å². The van der Waals surface area contributed by atoms with E-state index in [1.54, 1.807) is 48.8 Å². The second-order valence-corrected chi connectivity index (χ2v) is 5.58. The van der Waals surface area contributed by atoms with E-state index in [9.17, 15) is 4.79 Å². The zero-order valence-corrected chi connectivity index (χ0v) is 14.4. The minimum Gasteiger partial charge on any atom is -0.484 e. The average molecular weight is 356 g/mol. The fourth-order valence-corrected chi connectivity index (χ4v) is 2.29. The van der Waals surface area contributed by atoms with E-state index in [0.717, 1.165) is 16.7 Å².